The average Bonchev–Trinajstić information content (AvgIpc) is 3.11. The first-order valence-corrected chi connectivity index (χ1v) is 11.2. The maximum atomic E-state index is 12.4. The number of hydrogen-bond donors (Lipinski definition) is 1. The fraction of sp³-hybridized carbons (Fsp3) is 0.278. The molecule has 0 aliphatic carbocycles. The number of hydrogen-bond acceptors (Lipinski definition) is 6. The maximum Gasteiger partial charge on any atom is 0.258 e. The second kappa shape index (κ2) is 8.04. The lowest BCUT2D eigenvalue weighted by molar-refractivity contribution is -0.119. The Kier molecular flexibility index (Phi) is 5.51. The van der Waals surface area contributed by atoms with E-state index in [9.17, 15) is 9.59 Å². The van der Waals surface area contributed by atoms with Gasteiger partial charge in [0, 0.05) is 39.9 Å². The third-order valence-corrected chi connectivity index (χ3v) is 6.40. The molecule has 6 nitrogen and oxygen atoms in total. The molecule has 3 heterocycles. The van der Waals surface area contributed by atoms with E-state index in [2.05, 4.69) is 26.2 Å². The Balaban J connectivity index is 1.35. The molecule has 0 saturated carbocycles. The number of nitrogens with zero attached hydrogens (tertiary/aromatic N) is 2. The van der Waals surface area contributed by atoms with Gasteiger partial charge in [-0.3, -0.25) is 14.0 Å². The highest BCUT2D eigenvalue weighted by molar-refractivity contribution is 9.10. The SMILES string of the molecule is O=C(CSCc1cc(=O)n2ccsc2n1)NC1CCOc2ccc(Br)cc21. The summed E-state index contributed by atoms with van der Waals surface area (Å²) in [7, 11) is 0. The van der Waals surface area contributed by atoms with Crippen molar-refractivity contribution in [2.75, 3.05) is 12.4 Å². The lowest BCUT2D eigenvalue weighted by Crippen LogP contribution is -2.33. The Hall–Kier alpha value is -1.84. The summed E-state index contributed by atoms with van der Waals surface area (Å²) in [6.45, 7) is 0.585. The number of halogens is 1. The van der Waals surface area contributed by atoms with Crippen LogP contribution in [0.15, 0.2) is 45.1 Å². The highest BCUT2D eigenvalue weighted by atomic mass is 79.9. The van der Waals surface area contributed by atoms with Crippen molar-refractivity contribution in [3.05, 3.63) is 61.9 Å². The Bertz CT molecular complexity index is 1050. The molecule has 9 heteroatoms. The molecule has 0 spiro atoms. The molecule has 4 rings (SSSR count). The van der Waals surface area contributed by atoms with Gasteiger partial charge in [0.1, 0.15) is 5.75 Å². The van der Waals surface area contributed by atoms with Crippen LogP contribution >= 0.6 is 39.0 Å². The van der Waals surface area contributed by atoms with Crippen molar-refractivity contribution in [3.8, 4) is 5.75 Å². The minimum Gasteiger partial charge on any atom is -0.493 e. The molecule has 140 valence electrons. The molecule has 27 heavy (non-hydrogen) atoms. The molecule has 1 atom stereocenters. The summed E-state index contributed by atoms with van der Waals surface area (Å²) in [4.78, 5) is 29.5. The zero-order valence-electron chi connectivity index (χ0n) is 14.2. The van der Waals surface area contributed by atoms with Crippen molar-refractivity contribution in [2.24, 2.45) is 0 Å². The summed E-state index contributed by atoms with van der Waals surface area (Å²) in [5.74, 6) is 1.61. The van der Waals surface area contributed by atoms with Crippen LogP contribution < -0.4 is 15.6 Å². The monoisotopic (exact) mass is 465 g/mol. The van der Waals surface area contributed by atoms with Gasteiger partial charge >= 0.3 is 0 Å². The molecule has 1 aliphatic heterocycles. The molecule has 1 aromatic carbocycles. The van der Waals surface area contributed by atoms with E-state index in [-0.39, 0.29) is 17.5 Å². The van der Waals surface area contributed by atoms with Crippen LogP contribution in [0.25, 0.3) is 4.96 Å². The number of fused-ring (bicyclic) bond motifs is 2. The predicted molar refractivity (Wildman–Crippen MR) is 111 cm³/mol. The van der Waals surface area contributed by atoms with E-state index in [4.69, 9.17) is 4.74 Å². The molecule has 0 bridgehead atoms. The number of carbonyl (C=O) groups is 1. The van der Waals surface area contributed by atoms with Crippen molar-refractivity contribution in [2.45, 2.75) is 18.2 Å². The second-order valence-corrected chi connectivity index (χ2v) is 8.85. The maximum absolute atomic E-state index is 12.4. The van der Waals surface area contributed by atoms with E-state index in [0.29, 0.717) is 28.8 Å². The Morgan fingerprint density at radius 1 is 1.44 bits per heavy atom. The standard InChI is InChI=1S/C18H16BrN3O3S2/c19-11-1-2-15-13(7-11)14(3-5-25-15)21-16(23)10-26-9-12-8-17(24)22-4-6-27-18(22)20-12/h1-2,4,6-8,14H,3,5,9-10H2,(H,21,23). The van der Waals surface area contributed by atoms with Gasteiger partial charge in [-0.25, -0.2) is 4.98 Å². The van der Waals surface area contributed by atoms with Crippen LogP contribution in [-0.4, -0.2) is 27.7 Å². The van der Waals surface area contributed by atoms with Gasteiger partial charge in [-0.15, -0.1) is 23.1 Å². The number of aromatic nitrogens is 2. The summed E-state index contributed by atoms with van der Waals surface area (Å²) < 4.78 is 8.13. The minimum atomic E-state index is -0.0920. The van der Waals surface area contributed by atoms with Crippen LogP contribution in [0.2, 0.25) is 0 Å². The van der Waals surface area contributed by atoms with Gasteiger partial charge in [0.2, 0.25) is 5.91 Å². The first-order valence-electron chi connectivity index (χ1n) is 8.35. The molecule has 2 aromatic heterocycles. The second-order valence-electron chi connectivity index (χ2n) is 6.07. The minimum absolute atomic E-state index is 0.0354. The highest BCUT2D eigenvalue weighted by Crippen LogP contribution is 2.34. The third-order valence-electron chi connectivity index (χ3n) is 4.19. The van der Waals surface area contributed by atoms with E-state index >= 15 is 0 Å². The molecular formula is C18H16BrN3O3S2. The fourth-order valence-corrected chi connectivity index (χ4v) is 4.81. The molecule has 1 aliphatic rings. The van der Waals surface area contributed by atoms with Gasteiger partial charge in [0.05, 0.1) is 24.1 Å². The van der Waals surface area contributed by atoms with Gasteiger partial charge in [-0.1, -0.05) is 15.9 Å². The average molecular weight is 466 g/mol. The quantitative estimate of drug-likeness (QED) is 0.624. The first-order chi connectivity index (χ1) is 13.1. The number of ether oxygens (including phenoxy) is 1. The van der Waals surface area contributed by atoms with Crippen molar-refractivity contribution in [1.29, 1.82) is 0 Å². The number of rotatable bonds is 5. The summed E-state index contributed by atoms with van der Waals surface area (Å²) in [5, 5.41) is 4.91. The van der Waals surface area contributed by atoms with Gasteiger partial charge < -0.3 is 10.1 Å². The summed E-state index contributed by atoms with van der Waals surface area (Å²) in [6.07, 6.45) is 2.46. The fourth-order valence-electron chi connectivity index (χ4n) is 2.96. The van der Waals surface area contributed by atoms with E-state index in [1.165, 1.54) is 33.6 Å². The summed E-state index contributed by atoms with van der Waals surface area (Å²) >= 11 is 6.34. The van der Waals surface area contributed by atoms with Crippen LogP contribution in [0.3, 0.4) is 0 Å². The van der Waals surface area contributed by atoms with Crippen LogP contribution in [0.4, 0.5) is 0 Å². The Morgan fingerprint density at radius 3 is 3.22 bits per heavy atom. The van der Waals surface area contributed by atoms with Crippen LogP contribution in [0.1, 0.15) is 23.7 Å². The number of amides is 1. The van der Waals surface area contributed by atoms with Gasteiger partial charge in [-0.2, -0.15) is 0 Å². The molecule has 3 aromatic rings. The number of thioether (sulfide) groups is 1. The number of benzene rings is 1. The summed E-state index contributed by atoms with van der Waals surface area (Å²) in [5.41, 5.74) is 1.60. The number of nitrogens with one attached hydrogen (secondary N) is 1. The normalized spacial score (nSPS) is 16.0. The molecule has 0 radical (unpaired) electrons. The first kappa shape index (κ1) is 18.5. The predicted octanol–water partition coefficient (Wildman–Crippen LogP) is 3.39. The van der Waals surface area contributed by atoms with E-state index in [1.807, 2.05) is 23.6 Å². The van der Waals surface area contributed by atoms with Crippen molar-refractivity contribution < 1.29 is 9.53 Å². The summed E-state index contributed by atoms with van der Waals surface area (Å²) in [6, 6.07) is 7.30. The zero-order valence-corrected chi connectivity index (χ0v) is 17.4. The number of thiazole rings is 1. The molecule has 0 saturated heterocycles. The molecule has 1 N–H and O–H groups in total. The zero-order chi connectivity index (χ0) is 18.8. The van der Waals surface area contributed by atoms with Gasteiger partial charge in [0.15, 0.2) is 4.96 Å². The molecule has 1 unspecified atom stereocenters. The van der Waals surface area contributed by atoms with Crippen molar-refractivity contribution >= 4 is 49.9 Å². The Labute approximate surface area is 172 Å². The van der Waals surface area contributed by atoms with E-state index in [1.54, 1.807) is 6.20 Å². The van der Waals surface area contributed by atoms with E-state index < -0.39 is 0 Å². The van der Waals surface area contributed by atoms with Crippen LogP contribution in [0.5, 0.6) is 5.75 Å². The Morgan fingerprint density at radius 2 is 2.33 bits per heavy atom. The van der Waals surface area contributed by atoms with E-state index in [0.717, 1.165) is 22.2 Å². The van der Waals surface area contributed by atoms with Crippen LogP contribution in [0, 0.1) is 0 Å². The van der Waals surface area contributed by atoms with Gasteiger partial charge in [0.25, 0.3) is 5.56 Å². The molecular weight excluding hydrogens is 450 g/mol. The molecule has 0 fully saturated rings. The third kappa shape index (κ3) is 4.20. The van der Waals surface area contributed by atoms with Gasteiger partial charge in [-0.05, 0) is 18.2 Å². The van der Waals surface area contributed by atoms with Crippen molar-refractivity contribution in [1.82, 2.24) is 14.7 Å². The lowest BCUT2D eigenvalue weighted by atomic mass is 10.0. The largest absolute Gasteiger partial charge is 0.493 e. The highest BCUT2D eigenvalue weighted by Gasteiger charge is 2.23. The van der Waals surface area contributed by atoms with Crippen LogP contribution in [-0.2, 0) is 10.5 Å². The molecule has 1 amide bonds. The van der Waals surface area contributed by atoms with Crippen molar-refractivity contribution in [3.63, 3.8) is 0 Å². The topological polar surface area (TPSA) is 72.7 Å². The number of carbonyl (C=O) groups excluding carboxylic acids is 1. The lowest BCUT2D eigenvalue weighted by Gasteiger charge is -2.27. The smallest absolute Gasteiger partial charge is 0.258 e.